The summed E-state index contributed by atoms with van der Waals surface area (Å²) in [4.78, 5) is 0. The van der Waals surface area contributed by atoms with Gasteiger partial charge in [0, 0.05) is 17.1 Å². The molecule has 1 saturated carbocycles. The standard InChI is InChI=1S/C15H22BrNO2/c1-2-19-14-6-3-12(15(16)11-14)7-9-18-10-8-17-13-4-5-13/h3,6,11,13,17H,2,4-5,7-10H2,1H3. The zero-order valence-corrected chi connectivity index (χ0v) is 13.0. The highest BCUT2D eigenvalue weighted by molar-refractivity contribution is 9.10. The zero-order valence-electron chi connectivity index (χ0n) is 11.5. The molecule has 0 aliphatic heterocycles. The van der Waals surface area contributed by atoms with Crippen LogP contribution in [0.5, 0.6) is 5.75 Å². The van der Waals surface area contributed by atoms with Crippen molar-refractivity contribution < 1.29 is 9.47 Å². The molecular formula is C15H22BrNO2. The van der Waals surface area contributed by atoms with Crippen molar-refractivity contribution in [3.05, 3.63) is 28.2 Å². The molecule has 1 aliphatic rings. The number of halogens is 1. The van der Waals surface area contributed by atoms with E-state index in [4.69, 9.17) is 9.47 Å². The Morgan fingerprint density at radius 3 is 2.84 bits per heavy atom. The second kappa shape index (κ2) is 7.88. The maximum absolute atomic E-state index is 5.63. The van der Waals surface area contributed by atoms with Gasteiger partial charge >= 0.3 is 0 Å². The lowest BCUT2D eigenvalue weighted by atomic mass is 10.1. The molecular weight excluding hydrogens is 306 g/mol. The predicted octanol–water partition coefficient (Wildman–Crippen LogP) is 3.16. The maximum Gasteiger partial charge on any atom is 0.120 e. The largest absolute Gasteiger partial charge is 0.494 e. The average Bonchev–Trinajstić information content (AvgIpc) is 3.20. The van der Waals surface area contributed by atoms with Crippen LogP contribution in [0.15, 0.2) is 22.7 Å². The molecule has 19 heavy (non-hydrogen) atoms. The van der Waals surface area contributed by atoms with Gasteiger partial charge in [-0.05, 0) is 43.9 Å². The molecule has 0 bridgehead atoms. The molecule has 106 valence electrons. The van der Waals surface area contributed by atoms with Gasteiger partial charge in [-0.25, -0.2) is 0 Å². The van der Waals surface area contributed by atoms with Crippen molar-refractivity contribution in [2.45, 2.75) is 32.2 Å². The number of ether oxygens (including phenoxy) is 2. The van der Waals surface area contributed by atoms with E-state index < -0.39 is 0 Å². The van der Waals surface area contributed by atoms with Crippen molar-refractivity contribution in [2.24, 2.45) is 0 Å². The van der Waals surface area contributed by atoms with Crippen molar-refractivity contribution in [3.8, 4) is 5.75 Å². The summed E-state index contributed by atoms with van der Waals surface area (Å²) in [6.45, 7) is 5.22. The van der Waals surface area contributed by atoms with Gasteiger partial charge in [0.05, 0.1) is 19.8 Å². The molecule has 1 fully saturated rings. The highest BCUT2D eigenvalue weighted by Gasteiger charge is 2.19. The molecule has 0 spiro atoms. The van der Waals surface area contributed by atoms with Crippen LogP contribution < -0.4 is 10.1 Å². The van der Waals surface area contributed by atoms with Crippen molar-refractivity contribution in [1.29, 1.82) is 0 Å². The first-order chi connectivity index (χ1) is 9.29. The Balaban J connectivity index is 1.63. The minimum absolute atomic E-state index is 0.697. The number of benzene rings is 1. The molecule has 0 aromatic heterocycles. The molecule has 1 aromatic rings. The lowest BCUT2D eigenvalue weighted by Crippen LogP contribution is -2.22. The SMILES string of the molecule is CCOc1ccc(CCOCCNC2CC2)c(Br)c1. The smallest absolute Gasteiger partial charge is 0.120 e. The highest BCUT2D eigenvalue weighted by atomic mass is 79.9. The second-order valence-corrected chi connectivity index (χ2v) is 5.63. The summed E-state index contributed by atoms with van der Waals surface area (Å²) in [6, 6.07) is 6.90. The van der Waals surface area contributed by atoms with Crippen molar-refractivity contribution in [1.82, 2.24) is 5.32 Å². The van der Waals surface area contributed by atoms with Crippen LogP contribution >= 0.6 is 15.9 Å². The third-order valence-corrected chi connectivity index (χ3v) is 3.85. The molecule has 0 heterocycles. The van der Waals surface area contributed by atoms with Crippen LogP contribution in [-0.2, 0) is 11.2 Å². The molecule has 0 unspecified atom stereocenters. The van der Waals surface area contributed by atoms with E-state index in [9.17, 15) is 0 Å². The molecule has 0 radical (unpaired) electrons. The summed E-state index contributed by atoms with van der Waals surface area (Å²) in [6.07, 6.45) is 3.59. The molecule has 0 amide bonds. The number of nitrogens with one attached hydrogen (secondary N) is 1. The summed E-state index contributed by atoms with van der Waals surface area (Å²) in [7, 11) is 0. The Labute approximate surface area is 123 Å². The van der Waals surface area contributed by atoms with Gasteiger partial charge in [0.1, 0.15) is 5.75 Å². The Morgan fingerprint density at radius 2 is 2.16 bits per heavy atom. The van der Waals surface area contributed by atoms with Crippen LogP contribution in [0, 0.1) is 0 Å². The van der Waals surface area contributed by atoms with Crippen LogP contribution in [-0.4, -0.2) is 32.4 Å². The van der Waals surface area contributed by atoms with E-state index in [-0.39, 0.29) is 0 Å². The maximum atomic E-state index is 5.63. The van der Waals surface area contributed by atoms with Gasteiger partial charge in [0.2, 0.25) is 0 Å². The second-order valence-electron chi connectivity index (χ2n) is 4.78. The van der Waals surface area contributed by atoms with Crippen LogP contribution in [0.3, 0.4) is 0 Å². The summed E-state index contributed by atoms with van der Waals surface area (Å²) in [5.41, 5.74) is 1.26. The highest BCUT2D eigenvalue weighted by Crippen LogP contribution is 2.23. The minimum Gasteiger partial charge on any atom is -0.494 e. The third-order valence-electron chi connectivity index (χ3n) is 3.11. The third kappa shape index (κ3) is 5.51. The van der Waals surface area contributed by atoms with E-state index in [1.807, 2.05) is 19.1 Å². The lowest BCUT2D eigenvalue weighted by Gasteiger charge is -2.09. The van der Waals surface area contributed by atoms with E-state index in [1.165, 1.54) is 18.4 Å². The van der Waals surface area contributed by atoms with Crippen LogP contribution in [0.2, 0.25) is 0 Å². The number of hydrogen-bond donors (Lipinski definition) is 1. The van der Waals surface area contributed by atoms with Crippen LogP contribution in [0.4, 0.5) is 0 Å². The molecule has 0 saturated heterocycles. The summed E-state index contributed by atoms with van der Waals surface area (Å²) < 4.78 is 12.2. The Morgan fingerprint density at radius 1 is 1.32 bits per heavy atom. The first kappa shape index (κ1) is 14.8. The van der Waals surface area contributed by atoms with E-state index >= 15 is 0 Å². The normalized spacial score (nSPS) is 14.6. The summed E-state index contributed by atoms with van der Waals surface area (Å²) >= 11 is 3.58. The minimum atomic E-state index is 0.697. The fourth-order valence-corrected chi connectivity index (χ4v) is 2.45. The Kier molecular flexibility index (Phi) is 6.14. The van der Waals surface area contributed by atoms with Crippen molar-refractivity contribution in [3.63, 3.8) is 0 Å². The zero-order chi connectivity index (χ0) is 13.5. The van der Waals surface area contributed by atoms with Gasteiger partial charge in [-0.2, -0.15) is 0 Å². The molecule has 0 atom stereocenters. The predicted molar refractivity (Wildman–Crippen MR) is 80.9 cm³/mol. The molecule has 1 N–H and O–H groups in total. The Hall–Kier alpha value is -0.580. The molecule has 1 aliphatic carbocycles. The van der Waals surface area contributed by atoms with E-state index in [1.54, 1.807) is 0 Å². The fourth-order valence-electron chi connectivity index (χ4n) is 1.89. The van der Waals surface area contributed by atoms with E-state index in [0.717, 1.165) is 42.4 Å². The quantitative estimate of drug-likeness (QED) is 0.707. The summed E-state index contributed by atoms with van der Waals surface area (Å²) in [5.74, 6) is 0.910. The Bertz CT molecular complexity index is 394. The number of hydrogen-bond acceptors (Lipinski definition) is 3. The molecule has 1 aromatic carbocycles. The van der Waals surface area contributed by atoms with Gasteiger partial charge in [-0.15, -0.1) is 0 Å². The first-order valence-corrected chi connectivity index (χ1v) is 7.81. The van der Waals surface area contributed by atoms with Gasteiger partial charge in [0.15, 0.2) is 0 Å². The van der Waals surface area contributed by atoms with Gasteiger partial charge in [-0.1, -0.05) is 22.0 Å². The van der Waals surface area contributed by atoms with Gasteiger partial charge < -0.3 is 14.8 Å². The lowest BCUT2D eigenvalue weighted by molar-refractivity contribution is 0.138. The molecule has 4 heteroatoms. The van der Waals surface area contributed by atoms with Gasteiger partial charge in [0.25, 0.3) is 0 Å². The average molecular weight is 328 g/mol. The molecule has 2 rings (SSSR count). The monoisotopic (exact) mass is 327 g/mol. The van der Waals surface area contributed by atoms with Gasteiger partial charge in [-0.3, -0.25) is 0 Å². The van der Waals surface area contributed by atoms with E-state index in [0.29, 0.717) is 6.61 Å². The number of rotatable bonds is 9. The summed E-state index contributed by atoms with van der Waals surface area (Å²) in [5, 5.41) is 3.44. The van der Waals surface area contributed by atoms with Crippen LogP contribution in [0.1, 0.15) is 25.3 Å². The van der Waals surface area contributed by atoms with Crippen molar-refractivity contribution in [2.75, 3.05) is 26.4 Å². The topological polar surface area (TPSA) is 30.5 Å². The van der Waals surface area contributed by atoms with Crippen LogP contribution in [0.25, 0.3) is 0 Å². The van der Waals surface area contributed by atoms with Crippen molar-refractivity contribution >= 4 is 15.9 Å². The van der Waals surface area contributed by atoms with E-state index in [2.05, 4.69) is 27.3 Å². The fraction of sp³-hybridized carbons (Fsp3) is 0.600. The molecule has 3 nitrogen and oxygen atoms in total. The first-order valence-electron chi connectivity index (χ1n) is 7.02.